The van der Waals surface area contributed by atoms with E-state index in [-0.39, 0.29) is 65.7 Å². The maximum absolute atomic E-state index is 12.8. The van der Waals surface area contributed by atoms with E-state index < -0.39 is 11.0 Å². The molecule has 0 unspecified atom stereocenters. The van der Waals surface area contributed by atoms with Crippen LogP contribution < -0.4 is 15.4 Å². The van der Waals surface area contributed by atoms with Gasteiger partial charge in [0.1, 0.15) is 5.75 Å². The second kappa shape index (κ2) is 7.77. The summed E-state index contributed by atoms with van der Waals surface area (Å²) in [6, 6.07) is 3.24. The number of carbonyl (C=O) groups is 3. The number of methoxy groups -OCH3 is 1. The van der Waals surface area contributed by atoms with Crippen LogP contribution in [0.15, 0.2) is 30.4 Å². The molecule has 2 fully saturated rings. The zero-order valence-electron chi connectivity index (χ0n) is 16.4. The number of hydrogen-bond donors (Lipinski definition) is 2. The lowest BCUT2D eigenvalue weighted by Gasteiger charge is -2.38. The molecule has 1 saturated heterocycles. The van der Waals surface area contributed by atoms with Crippen molar-refractivity contribution in [2.45, 2.75) is 12.8 Å². The fourth-order valence-corrected chi connectivity index (χ4v) is 4.71. The zero-order chi connectivity index (χ0) is 21.4. The van der Waals surface area contributed by atoms with E-state index in [9.17, 15) is 24.5 Å². The van der Waals surface area contributed by atoms with Crippen LogP contribution >= 0.6 is 0 Å². The maximum Gasteiger partial charge on any atom is 0.319 e. The number of imide groups is 1. The van der Waals surface area contributed by atoms with Crippen LogP contribution in [-0.2, 0) is 9.59 Å². The van der Waals surface area contributed by atoms with E-state index in [1.807, 2.05) is 0 Å². The number of benzene rings is 1. The van der Waals surface area contributed by atoms with E-state index in [1.165, 1.54) is 30.2 Å². The molecule has 4 atom stereocenters. The summed E-state index contributed by atoms with van der Waals surface area (Å²) >= 11 is 0. The zero-order valence-corrected chi connectivity index (χ0v) is 16.4. The van der Waals surface area contributed by atoms with E-state index in [4.69, 9.17) is 4.74 Å². The Hall–Kier alpha value is -3.43. The third-order valence-corrected chi connectivity index (χ3v) is 6.11. The molecule has 4 aliphatic rings. The average Bonchev–Trinajstić information content (AvgIpc) is 3.01. The number of hydrogen-bond acceptors (Lipinski definition) is 6. The van der Waals surface area contributed by atoms with Gasteiger partial charge in [-0.2, -0.15) is 0 Å². The number of allylic oxidation sites excluding steroid dienone is 2. The van der Waals surface area contributed by atoms with Gasteiger partial charge in [-0.05, 0) is 30.7 Å². The number of non-ortho nitro benzene ring substituents is 1. The van der Waals surface area contributed by atoms with Crippen molar-refractivity contribution in [2.75, 3.05) is 25.5 Å². The molecule has 4 amide bonds. The van der Waals surface area contributed by atoms with Crippen molar-refractivity contribution in [3.05, 3.63) is 40.5 Å². The van der Waals surface area contributed by atoms with Gasteiger partial charge in [-0.25, -0.2) is 4.79 Å². The van der Waals surface area contributed by atoms with Gasteiger partial charge in [0.15, 0.2) is 0 Å². The number of carbonyl (C=O) groups excluding carboxylic acids is 3. The van der Waals surface area contributed by atoms with Gasteiger partial charge in [-0.3, -0.25) is 24.6 Å². The number of anilines is 1. The number of nitro groups is 1. The van der Waals surface area contributed by atoms with Gasteiger partial charge >= 0.3 is 6.03 Å². The highest BCUT2D eigenvalue weighted by atomic mass is 16.6. The minimum absolute atomic E-state index is 0.0722. The summed E-state index contributed by atoms with van der Waals surface area (Å²) < 4.78 is 5.11. The van der Waals surface area contributed by atoms with E-state index in [2.05, 4.69) is 22.8 Å². The Bertz CT molecular complexity index is 913. The standard InChI is InChI=1S/C20H22N4O6/c1-30-15-7-6-13(24(28)29)10-14(15)22-20(27)21-8-9-23-18(25)16-11-2-3-12(5-4-11)17(16)19(23)26/h2-3,6-7,10-12,16-17H,4-5,8-9H2,1H3,(H2,21,22,27)/t11-,12-,16+,17+/m0/s1. The molecule has 158 valence electrons. The molecule has 10 nitrogen and oxygen atoms in total. The van der Waals surface area contributed by atoms with E-state index >= 15 is 0 Å². The molecule has 2 N–H and O–H groups in total. The third kappa shape index (κ3) is 3.38. The minimum Gasteiger partial charge on any atom is -0.495 e. The molecule has 1 saturated carbocycles. The highest BCUT2D eigenvalue weighted by Crippen LogP contribution is 2.49. The Labute approximate surface area is 172 Å². The molecule has 3 aliphatic carbocycles. The highest BCUT2D eigenvalue weighted by molar-refractivity contribution is 6.06. The molecule has 1 aliphatic heterocycles. The van der Waals surface area contributed by atoms with Crippen molar-refractivity contribution >= 4 is 29.2 Å². The Morgan fingerprint density at radius 3 is 2.37 bits per heavy atom. The molecule has 5 rings (SSSR count). The van der Waals surface area contributed by atoms with Crippen LogP contribution in [0.25, 0.3) is 0 Å². The first-order valence-corrected chi connectivity index (χ1v) is 9.81. The quantitative estimate of drug-likeness (QED) is 0.316. The summed E-state index contributed by atoms with van der Waals surface area (Å²) in [6.07, 6.45) is 5.98. The predicted octanol–water partition coefficient (Wildman–Crippen LogP) is 1.92. The lowest BCUT2D eigenvalue weighted by molar-refractivity contribution is -0.384. The van der Waals surface area contributed by atoms with Crippen molar-refractivity contribution in [2.24, 2.45) is 23.7 Å². The molecule has 1 aromatic rings. The molecular weight excluding hydrogens is 392 g/mol. The van der Waals surface area contributed by atoms with Crippen LogP contribution in [0, 0.1) is 33.8 Å². The molecule has 1 heterocycles. The summed E-state index contributed by atoms with van der Waals surface area (Å²) in [6.45, 7) is 0.159. The summed E-state index contributed by atoms with van der Waals surface area (Å²) in [4.78, 5) is 49.3. The fraction of sp³-hybridized carbons (Fsp3) is 0.450. The highest BCUT2D eigenvalue weighted by Gasteiger charge is 2.56. The number of urea groups is 1. The van der Waals surface area contributed by atoms with Gasteiger partial charge in [0.25, 0.3) is 5.69 Å². The van der Waals surface area contributed by atoms with Crippen molar-refractivity contribution < 1.29 is 24.0 Å². The molecule has 0 radical (unpaired) electrons. The number of nitrogens with zero attached hydrogens (tertiary/aromatic N) is 2. The Morgan fingerprint density at radius 2 is 1.83 bits per heavy atom. The SMILES string of the molecule is COc1ccc([N+](=O)[O-])cc1NC(=O)NCCN1C(=O)[C@H]2[C@H](C1=O)[C@H]1C=C[C@H]2CC1. The Morgan fingerprint density at radius 1 is 1.20 bits per heavy atom. The van der Waals surface area contributed by atoms with Gasteiger partial charge in [0, 0.05) is 25.2 Å². The monoisotopic (exact) mass is 414 g/mol. The fourth-order valence-electron chi connectivity index (χ4n) is 4.71. The van der Waals surface area contributed by atoms with Gasteiger partial charge < -0.3 is 15.4 Å². The van der Waals surface area contributed by atoms with Crippen LogP contribution in [0.3, 0.4) is 0 Å². The molecule has 0 aromatic heterocycles. The summed E-state index contributed by atoms with van der Waals surface area (Å²) in [5.41, 5.74) is -0.0450. The van der Waals surface area contributed by atoms with Crippen molar-refractivity contribution in [3.63, 3.8) is 0 Å². The van der Waals surface area contributed by atoms with E-state index in [1.54, 1.807) is 0 Å². The number of nitrogens with one attached hydrogen (secondary N) is 2. The molecule has 2 bridgehead atoms. The van der Waals surface area contributed by atoms with E-state index in [0.29, 0.717) is 0 Å². The summed E-state index contributed by atoms with van der Waals surface area (Å²) in [5, 5.41) is 16.0. The number of amides is 4. The number of fused-ring (bicyclic) bond motifs is 1. The molecular formula is C20H22N4O6. The van der Waals surface area contributed by atoms with Gasteiger partial charge in [0.05, 0.1) is 29.6 Å². The van der Waals surface area contributed by atoms with Crippen molar-refractivity contribution in [1.29, 1.82) is 0 Å². The topological polar surface area (TPSA) is 131 Å². The molecule has 1 aromatic carbocycles. The maximum atomic E-state index is 12.8. The predicted molar refractivity (Wildman–Crippen MR) is 106 cm³/mol. The van der Waals surface area contributed by atoms with Gasteiger partial charge in [0.2, 0.25) is 11.8 Å². The smallest absolute Gasteiger partial charge is 0.319 e. The summed E-state index contributed by atoms with van der Waals surface area (Å²) in [5.74, 6) is -0.350. The average molecular weight is 414 g/mol. The Balaban J connectivity index is 1.35. The number of likely N-dealkylation sites (tertiary alicyclic amines) is 1. The van der Waals surface area contributed by atoms with E-state index in [0.717, 1.165) is 12.8 Å². The largest absolute Gasteiger partial charge is 0.495 e. The summed E-state index contributed by atoms with van der Waals surface area (Å²) in [7, 11) is 1.39. The first-order chi connectivity index (χ1) is 14.4. The lowest BCUT2D eigenvalue weighted by Crippen LogP contribution is -2.40. The van der Waals surface area contributed by atoms with Gasteiger partial charge in [-0.15, -0.1) is 0 Å². The van der Waals surface area contributed by atoms with Crippen LogP contribution in [-0.4, -0.2) is 47.9 Å². The third-order valence-electron chi connectivity index (χ3n) is 6.11. The van der Waals surface area contributed by atoms with Gasteiger partial charge in [-0.1, -0.05) is 12.2 Å². The second-order valence-electron chi connectivity index (χ2n) is 7.69. The van der Waals surface area contributed by atoms with Crippen LogP contribution in [0.4, 0.5) is 16.2 Å². The minimum atomic E-state index is -0.618. The van der Waals surface area contributed by atoms with Crippen LogP contribution in [0.5, 0.6) is 5.75 Å². The van der Waals surface area contributed by atoms with Crippen LogP contribution in [0.2, 0.25) is 0 Å². The molecule has 0 spiro atoms. The first kappa shape index (κ1) is 19.9. The lowest BCUT2D eigenvalue weighted by atomic mass is 9.63. The number of ether oxygens (including phenoxy) is 1. The number of rotatable bonds is 6. The second-order valence-corrected chi connectivity index (χ2v) is 7.69. The Kier molecular flexibility index (Phi) is 5.15. The molecule has 10 heteroatoms. The van der Waals surface area contributed by atoms with Crippen molar-refractivity contribution in [3.8, 4) is 5.75 Å². The first-order valence-electron chi connectivity index (χ1n) is 9.81. The molecule has 30 heavy (non-hydrogen) atoms. The van der Waals surface area contributed by atoms with Crippen molar-refractivity contribution in [1.82, 2.24) is 10.2 Å². The van der Waals surface area contributed by atoms with Crippen LogP contribution in [0.1, 0.15) is 12.8 Å². The number of nitro benzene ring substituents is 1. The normalized spacial score (nSPS) is 26.5.